The number of pyridine rings is 2. The van der Waals surface area contributed by atoms with Gasteiger partial charge in [0.25, 0.3) is 5.56 Å². The largest absolute Gasteiger partial charge is 0.396 e. The normalized spacial score (nSPS) is 23.2. The van der Waals surface area contributed by atoms with E-state index in [1.807, 2.05) is 0 Å². The first kappa shape index (κ1) is 24.1. The van der Waals surface area contributed by atoms with Crippen LogP contribution in [0.2, 0.25) is 0 Å². The van der Waals surface area contributed by atoms with Crippen LogP contribution in [0, 0.1) is 11.6 Å². The Morgan fingerprint density at radius 2 is 2.08 bits per heavy atom. The minimum Gasteiger partial charge on any atom is -0.396 e. The van der Waals surface area contributed by atoms with Crippen LogP contribution in [0.3, 0.4) is 0 Å². The predicted molar refractivity (Wildman–Crippen MR) is 126 cm³/mol. The molecule has 1 aromatic carbocycles. The highest BCUT2D eigenvalue weighted by molar-refractivity contribution is 5.94. The lowest BCUT2D eigenvalue weighted by atomic mass is 9.85. The van der Waals surface area contributed by atoms with Crippen LogP contribution in [-0.4, -0.2) is 43.7 Å². The first-order valence-electron chi connectivity index (χ1n) is 12.2. The standard InChI is InChI=1S/C26H25F2N3O6/c1-2-26(36)14-7-18-23-12(9-31(18)24(34)13(14)10-37-25(26)35)21-16(29-19(33)4-3-5-32)6-11-20(21)17(30-23)8-15(27)22(11)28/h7-8,16,25,32,35-36H,2-6,9-10H2,1H3,(H,29,33)/t16?,25?,26-/m0/s1. The van der Waals surface area contributed by atoms with Crippen molar-refractivity contribution in [2.24, 2.45) is 0 Å². The van der Waals surface area contributed by atoms with E-state index in [1.165, 1.54) is 4.57 Å². The summed E-state index contributed by atoms with van der Waals surface area (Å²) in [5.74, 6) is -2.40. The first-order valence-corrected chi connectivity index (χ1v) is 12.2. The Kier molecular flexibility index (Phi) is 5.46. The number of aliphatic hydroxyl groups is 3. The van der Waals surface area contributed by atoms with E-state index >= 15 is 0 Å². The third-order valence-corrected chi connectivity index (χ3v) is 7.82. The van der Waals surface area contributed by atoms with Crippen molar-refractivity contribution < 1.29 is 33.6 Å². The Morgan fingerprint density at radius 3 is 2.81 bits per heavy atom. The van der Waals surface area contributed by atoms with E-state index in [2.05, 4.69) is 10.3 Å². The van der Waals surface area contributed by atoms with E-state index in [0.29, 0.717) is 27.9 Å². The number of halogens is 2. The van der Waals surface area contributed by atoms with Crippen molar-refractivity contribution in [1.82, 2.24) is 14.9 Å². The lowest BCUT2D eigenvalue weighted by molar-refractivity contribution is -0.236. The summed E-state index contributed by atoms with van der Waals surface area (Å²) in [6.07, 6.45) is -1.08. The Bertz CT molecular complexity index is 1550. The lowest BCUT2D eigenvalue weighted by Crippen LogP contribution is -2.47. The summed E-state index contributed by atoms with van der Waals surface area (Å²) in [7, 11) is 0. The van der Waals surface area contributed by atoms with E-state index in [1.54, 1.807) is 13.0 Å². The fraction of sp³-hybridized carbons (Fsp3) is 0.423. The molecular weight excluding hydrogens is 488 g/mol. The number of nitrogens with one attached hydrogen (secondary N) is 1. The van der Waals surface area contributed by atoms with Gasteiger partial charge in [-0.05, 0) is 24.5 Å². The SMILES string of the molecule is CC[C@]1(O)c2cc3n(c(=O)c2COC1O)Cc1c-3nc2cc(F)c(F)c3c2c1C(NC(=O)CCCO)C3. The molecule has 37 heavy (non-hydrogen) atoms. The molecule has 0 saturated heterocycles. The molecule has 194 valence electrons. The van der Waals surface area contributed by atoms with E-state index in [4.69, 9.17) is 9.84 Å². The molecule has 2 unspecified atom stereocenters. The van der Waals surface area contributed by atoms with Gasteiger partial charge in [-0.1, -0.05) is 6.92 Å². The monoisotopic (exact) mass is 513 g/mol. The highest BCUT2D eigenvalue weighted by Crippen LogP contribution is 2.47. The second-order valence-electron chi connectivity index (χ2n) is 9.80. The number of carbonyl (C=O) groups excluding carboxylic acids is 1. The topological polar surface area (TPSA) is 134 Å². The number of benzene rings is 1. The molecular formula is C26H25F2N3O6. The molecule has 4 N–H and O–H groups in total. The molecule has 0 saturated carbocycles. The second-order valence-corrected chi connectivity index (χ2v) is 9.80. The summed E-state index contributed by atoms with van der Waals surface area (Å²) in [4.78, 5) is 30.7. The highest BCUT2D eigenvalue weighted by Gasteiger charge is 2.45. The Balaban J connectivity index is 1.57. The number of rotatable bonds is 5. The van der Waals surface area contributed by atoms with Crippen molar-refractivity contribution in [3.8, 4) is 11.4 Å². The molecule has 11 heteroatoms. The summed E-state index contributed by atoms with van der Waals surface area (Å²) < 4.78 is 36.2. The van der Waals surface area contributed by atoms with Crippen LogP contribution in [0.5, 0.6) is 0 Å². The molecule has 3 atom stereocenters. The van der Waals surface area contributed by atoms with Gasteiger partial charge in [0.05, 0.1) is 36.1 Å². The van der Waals surface area contributed by atoms with Crippen LogP contribution >= 0.6 is 0 Å². The van der Waals surface area contributed by atoms with Crippen molar-refractivity contribution in [2.45, 2.75) is 63.7 Å². The van der Waals surface area contributed by atoms with Gasteiger partial charge in [-0.15, -0.1) is 0 Å². The van der Waals surface area contributed by atoms with Crippen LogP contribution in [0.4, 0.5) is 8.78 Å². The van der Waals surface area contributed by atoms with Crippen molar-refractivity contribution in [3.63, 3.8) is 0 Å². The summed E-state index contributed by atoms with van der Waals surface area (Å²) in [6.45, 7) is 1.42. The maximum absolute atomic E-state index is 14.9. The predicted octanol–water partition coefficient (Wildman–Crippen LogP) is 1.64. The number of aromatic nitrogens is 2. The molecule has 2 aliphatic heterocycles. The van der Waals surface area contributed by atoms with Crippen LogP contribution < -0.4 is 10.9 Å². The molecule has 3 aliphatic rings. The summed E-state index contributed by atoms with van der Waals surface area (Å²) in [5.41, 5.74) is 0.491. The number of ether oxygens (including phenoxy) is 1. The number of aliphatic hydroxyl groups excluding tert-OH is 2. The third kappa shape index (κ3) is 3.31. The van der Waals surface area contributed by atoms with E-state index < -0.39 is 35.1 Å². The summed E-state index contributed by atoms with van der Waals surface area (Å²) >= 11 is 0. The van der Waals surface area contributed by atoms with Crippen molar-refractivity contribution >= 4 is 16.8 Å². The average molecular weight is 513 g/mol. The molecule has 3 aromatic rings. The number of hydrogen-bond donors (Lipinski definition) is 4. The zero-order chi connectivity index (χ0) is 26.2. The number of amides is 1. The molecule has 9 nitrogen and oxygen atoms in total. The van der Waals surface area contributed by atoms with Gasteiger partial charge in [-0.3, -0.25) is 9.59 Å². The van der Waals surface area contributed by atoms with E-state index in [9.17, 15) is 28.6 Å². The van der Waals surface area contributed by atoms with Crippen molar-refractivity contribution in [2.75, 3.05) is 6.61 Å². The van der Waals surface area contributed by atoms with Gasteiger partial charge in [-0.2, -0.15) is 0 Å². The minimum atomic E-state index is -1.80. The van der Waals surface area contributed by atoms with Crippen LogP contribution in [0.1, 0.15) is 60.0 Å². The zero-order valence-electron chi connectivity index (χ0n) is 20.0. The Morgan fingerprint density at radius 1 is 1.30 bits per heavy atom. The second kappa shape index (κ2) is 8.38. The van der Waals surface area contributed by atoms with Crippen LogP contribution in [-0.2, 0) is 34.7 Å². The van der Waals surface area contributed by atoms with Gasteiger partial charge in [0.2, 0.25) is 5.91 Å². The molecule has 4 heterocycles. The number of fused-ring (bicyclic) bond motifs is 5. The highest BCUT2D eigenvalue weighted by atomic mass is 19.2. The molecule has 0 radical (unpaired) electrons. The van der Waals surface area contributed by atoms with Crippen LogP contribution in [0.25, 0.3) is 22.3 Å². The maximum atomic E-state index is 14.9. The lowest BCUT2D eigenvalue weighted by Gasteiger charge is -2.37. The fourth-order valence-electron chi connectivity index (χ4n) is 5.93. The van der Waals surface area contributed by atoms with Crippen molar-refractivity contribution in [3.05, 3.63) is 61.9 Å². The molecule has 0 spiro atoms. The molecule has 0 bridgehead atoms. The molecule has 0 fully saturated rings. The number of nitrogens with zero attached hydrogens (tertiary/aromatic N) is 2. The van der Waals surface area contributed by atoms with Crippen molar-refractivity contribution in [1.29, 1.82) is 0 Å². The van der Waals surface area contributed by atoms with Gasteiger partial charge in [0.15, 0.2) is 17.9 Å². The fourth-order valence-corrected chi connectivity index (χ4v) is 5.93. The molecule has 2 aromatic heterocycles. The third-order valence-electron chi connectivity index (χ3n) is 7.82. The zero-order valence-corrected chi connectivity index (χ0v) is 20.0. The minimum absolute atomic E-state index is 0.0236. The van der Waals surface area contributed by atoms with Gasteiger partial charge in [-0.25, -0.2) is 13.8 Å². The van der Waals surface area contributed by atoms with Gasteiger partial charge < -0.3 is 29.9 Å². The first-order chi connectivity index (χ1) is 17.7. The Hall–Kier alpha value is -3.25. The number of hydrogen-bond acceptors (Lipinski definition) is 7. The maximum Gasteiger partial charge on any atom is 0.257 e. The van der Waals surface area contributed by atoms with E-state index in [-0.39, 0.29) is 73.6 Å². The summed E-state index contributed by atoms with van der Waals surface area (Å²) in [6, 6.07) is 1.94. The van der Waals surface area contributed by atoms with Gasteiger partial charge in [0, 0.05) is 53.2 Å². The van der Waals surface area contributed by atoms with Gasteiger partial charge >= 0.3 is 0 Å². The summed E-state index contributed by atoms with van der Waals surface area (Å²) in [5, 5.41) is 33.9. The smallest absolute Gasteiger partial charge is 0.257 e. The van der Waals surface area contributed by atoms with Crippen LogP contribution in [0.15, 0.2) is 16.9 Å². The molecule has 1 aliphatic carbocycles. The van der Waals surface area contributed by atoms with Gasteiger partial charge in [0.1, 0.15) is 5.60 Å². The molecule has 6 rings (SSSR count). The Labute approximate surface area is 209 Å². The number of carbonyl (C=O) groups is 1. The quantitative estimate of drug-likeness (QED) is 0.319. The van der Waals surface area contributed by atoms with E-state index in [0.717, 1.165) is 6.07 Å². The average Bonchev–Trinajstić information content (AvgIpc) is 3.43. The molecule has 1 amide bonds.